The average molecular weight is 681 g/mol. The highest BCUT2D eigenvalue weighted by atomic mass is 79.9. The van der Waals surface area contributed by atoms with Gasteiger partial charge in [-0.15, -0.1) is 0 Å². The van der Waals surface area contributed by atoms with Gasteiger partial charge in [0.05, 0.1) is 35.1 Å². The van der Waals surface area contributed by atoms with Gasteiger partial charge in [0, 0.05) is 43.4 Å². The molecular formula is C30H35Br2N9. The van der Waals surface area contributed by atoms with Crippen molar-refractivity contribution in [2.75, 3.05) is 21.7 Å². The number of nitrogens with two attached hydrogens (primary N) is 1. The molecule has 9 nitrogen and oxygen atoms in total. The van der Waals surface area contributed by atoms with Crippen LogP contribution in [-0.2, 0) is 6.54 Å². The monoisotopic (exact) mass is 679 g/mol. The number of halogens is 2. The topological polar surface area (TPSA) is 110 Å². The summed E-state index contributed by atoms with van der Waals surface area (Å²) in [6.07, 6.45) is 21.7. The number of nitrogens with zero attached hydrogens (tertiary/aromatic N) is 5. The molecule has 0 bridgehead atoms. The van der Waals surface area contributed by atoms with Gasteiger partial charge in [0.15, 0.2) is 11.3 Å². The van der Waals surface area contributed by atoms with Gasteiger partial charge >= 0.3 is 0 Å². The summed E-state index contributed by atoms with van der Waals surface area (Å²) < 4.78 is 5.92. The quantitative estimate of drug-likeness (QED) is 0.141. The standard InChI is InChI=1S/C18H20BrN5.C12H15BrN4/c19-17-11-22-18-16(21-10-13-4-3-7-20-9-13)8-15(12-24(17)18)23-14-5-1-2-6-14;13-11-6-15-12-10(14)5-9(7-17(11)12)16-8-3-1-2-4-8/h3-4,7-9,11-12,14,21,23H,1-2,5-6,10H2;5-8,16H,1-4,14H2. The lowest BCUT2D eigenvalue weighted by Gasteiger charge is -2.16. The highest BCUT2D eigenvalue weighted by Gasteiger charge is 2.17. The van der Waals surface area contributed by atoms with Crippen molar-refractivity contribution in [3.8, 4) is 0 Å². The molecule has 41 heavy (non-hydrogen) atoms. The van der Waals surface area contributed by atoms with Gasteiger partial charge in [0.2, 0.25) is 0 Å². The Morgan fingerprint density at radius 2 is 1.39 bits per heavy atom. The van der Waals surface area contributed by atoms with Crippen molar-refractivity contribution in [1.29, 1.82) is 0 Å². The summed E-state index contributed by atoms with van der Waals surface area (Å²) in [4.78, 5) is 12.9. The molecule has 0 radical (unpaired) electrons. The van der Waals surface area contributed by atoms with E-state index in [4.69, 9.17) is 5.73 Å². The van der Waals surface area contributed by atoms with Crippen molar-refractivity contribution in [1.82, 2.24) is 23.8 Å². The van der Waals surface area contributed by atoms with Gasteiger partial charge in [0.1, 0.15) is 9.21 Å². The number of imidazole rings is 2. The Morgan fingerprint density at radius 1 is 0.805 bits per heavy atom. The molecule has 5 aromatic heterocycles. The molecule has 0 atom stereocenters. The van der Waals surface area contributed by atoms with Crippen molar-refractivity contribution >= 4 is 65.9 Å². The maximum absolute atomic E-state index is 6.00. The summed E-state index contributed by atoms with van der Waals surface area (Å²) in [5.41, 5.74) is 12.8. The number of anilines is 4. The Balaban J connectivity index is 0.000000156. The van der Waals surface area contributed by atoms with Gasteiger partial charge in [0.25, 0.3) is 0 Å². The van der Waals surface area contributed by atoms with E-state index < -0.39 is 0 Å². The number of pyridine rings is 3. The minimum absolute atomic E-state index is 0.580. The number of aromatic nitrogens is 5. The largest absolute Gasteiger partial charge is 0.396 e. The summed E-state index contributed by atoms with van der Waals surface area (Å²) >= 11 is 7.04. The third kappa shape index (κ3) is 6.62. The molecule has 2 saturated carbocycles. The van der Waals surface area contributed by atoms with E-state index in [9.17, 15) is 0 Å². The highest BCUT2D eigenvalue weighted by Crippen LogP contribution is 2.29. The lowest BCUT2D eigenvalue weighted by Crippen LogP contribution is -2.15. The first kappa shape index (κ1) is 27.8. The first-order chi connectivity index (χ1) is 20.0. The second-order valence-electron chi connectivity index (χ2n) is 10.8. The van der Waals surface area contributed by atoms with E-state index in [1.807, 2.05) is 35.1 Å². The molecule has 0 aromatic carbocycles. The van der Waals surface area contributed by atoms with Crippen LogP contribution in [0.5, 0.6) is 0 Å². The predicted octanol–water partition coefficient (Wildman–Crippen LogP) is 7.49. The van der Waals surface area contributed by atoms with Gasteiger partial charge in [-0.05, 0) is 81.3 Å². The van der Waals surface area contributed by atoms with Gasteiger partial charge in [-0.2, -0.15) is 0 Å². The number of rotatable bonds is 7. The first-order valence-electron chi connectivity index (χ1n) is 14.3. The van der Waals surface area contributed by atoms with Crippen molar-refractivity contribution in [3.63, 3.8) is 0 Å². The average Bonchev–Trinajstić information content (AvgIpc) is 3.80. The molecule has 0 unspecified atom stereocenters. The Bertz CT molecular complexity index is 1600. The smallest absolute Gasteiger partial charge is 0.161 e. The zero-order chi connectivity index (χ0) is 28.2. The van der Waals surface area contributed by atoms with Gasteiger partial charge in [-0.25, -0.2) is 9.97 Å². The highest BCUT2D eigenvalue weighted by molar-refractivity contribution is 9.10. The van der Waals surface area contributed by atoms with Gasteiger partial charge < -0.3 is 21.7 Å². The number of nitrogens with one attached hydrogen (secondary N) is 3. The minimum atomic E-state index is 0.580. The SMILES string of the molecule is Brc1cnc2c(NCc3cccnc3)cc(NC3CCCC3)cn12.Nc1cc(NC2CCCC2)cn2c(Br)cnc12. The minimum Gasteiger partial charge on any atom is -0.396 e. The molecule has 0 amide bonds. The molecule has 2 aliphatic rings. The fraction of sp³-hybridized carbons (Fsp3) is 0.367. The number of hydrogen-bond acceptors (Lipinski definition) is 7. The molecular weight excluding hydrogens is 646 g/mol. The molecule has 5 N–H and O–H groups in total. The van der Waals surface area contributed by atoms with Crippen LogP contribution in [0.25, 0.3) is 11.3 Å². The van der Waals surface area contributed by atoms with Crippen molar-refractivity contribution in [2.45, 2.75) is 70.0 Å². The van der Waals surface area contributed by atoms with E-state index in [0.29, 0.717) is 17.8 Å². The third-order valence-electron chi connectivity index (χ3n) is 7.81. The van der Waals surface area contributed by atoms with Crippen molar-refractivity contribution in [3.05, 3.63) is 76.2 Å². The molecule has 5 heterocycles. The molecule has 214 valence electrons. The molecule has 2 aliphatic carbocycles. The van der Waals surface area contributed by atoms with Crippen LogP contribution in [0, 0.1) is 0 Å². The molecule has 7 rings (SSSR count). The van der Waals surface area contributed by atoms with E-state index in [1.165, 1.54) is 51.4 Å². The summed E-state index contributed by atoms with van der Waals surface area (Å²) in [5.74, 6) is 0. The van der Waals surface area contributed by atoms with Crippen LogP contribution in [0.3, 0.4) is 0 Å². The van der Waals surface area contributed by atoms with Gasteiger partial charge in [-0.3, -0.25) is 13.8 Å². The number of nitrogen functional groups attached to an aromatic ring is 1. The van der Waals surface area contributed by atoms with Crippen LogP contribution >= 0.6 is 31.9 Å². The Hall–Kier alpha value is -3.31. The lowest BCUT2D eigenvalue weighted by atomic mass is 10.2. The van der Waals surface area contributed by atoms with Crippen LogP contribution < -0.4 is 21.7 Å². The Kier molecular flexibility index (Phi) is 8.62. The predicted molar refractivity (Wildman–Crippen MR) is 174 cm³/mol. The molecule has 11 heteroatoms. The van der Waals surface area contributed by atoms with Crippen LogP contribution in [-0.4, -0.2) is 35.8 Å². The molecule has 0 saturated heterocycles. The summed E-state index contributed by atoms with van der Waals surface area (Å²) in [6.45, 7) is 0.723. The molecule has 2 fully saturated rings. The zero-order valence-electron chi connectivity index (χ0n) is 22.9. The van der Waals surface area contributed by atoms with Crippen molar-refractivity contribution < 1.29 is 0 Å². The van der Waals surface area contributed by atoms with Crippen LogP contribution in [0.2, 0.25) is 0 Å². The fourth-order valence-corrected chi connectivity index (χ4v) is 6.49. The molecule has 0 spiro atoms. The summed E-state index contributed by atoms with van der Waals surface area (Å²) in [7, 11) is 0. The summed E-state index contributed by atoms with van der Waals surface area (Å²) in [5, 5.41) is 10.7. The van der Waals surface area contributed by atoms with Crippen molar-refractivity contribution in [2.24, 2.45) is 0 Å². The van der Waals surface area contributed by atoms with E-state index in [1.54, 1.807) is 12.4 Å². The second kappa shape index (κ2) is 12.7. The maximum atomic E-state index is 6.00. The number of fused-ring (bicyclic) bond motifs is 2. The Morgan fingerprint density at radius 3 is 2.00 bits per heavy atom. The van der Waals surface area contributed by atoms with Crippen LogP contribution in [0.4, 0.5) is 22.7 Å². The zero-order valence-corrected chi connectivity index (χ0v) is 26.0. The normalized spacial score (nSPS) is 15.8. The van der Waals surface area contributed by atoms with E-state index >= 15 is 0 Å². The second-order valence-corrected chi connectivity index (χ2v) is 12.5. The molecule has 5 aromatic rings. The van der Waals surface area contributed by atoms with Crippen LogP contribution in [0.15, 0.2) is 70.7 Å². The lowest BCUT2D eigenvalue weighted by molar-refractivity contribution is 0.754. The number of hydrogen-bond donors (Lipinski definition) is 4. The third-order valence-corrected chi connectivity index (χ3v) is 8.98. The Labute approximate surface area is 256 Å². The fourth-order valence-electron chi connectivity index (χ4n) is 5.74. The van der Waals surface area contributed by atoms with E-state index in [0.717, 1.165) is 49.7 Å². The van der Waals surface area contributed by atoms with E-state index in [-0.39, 0.29) is 0 Å². The molecule has 0 aliphatic heterocycles. The first-order valence-corrected chi connectivity index (χ1v) is 15.9. The maximum Gasteiger partial charge on any atom is 0.161 e. The van der Waals surface area contributed by atoms with Crippen LogP contribution in [0.1, 0.15) is 56.9 Å². The van der Waals surface area contributed by atoms with Gasteiger partial charge in [-0.1, -0.05) is 31.7 Å². The van der Waals surface area contributed by atoms with E-state index in [2.05, 4.69) is 85.5 Å². The summed E-state index contributed by atoms with van der Waals surface area (Å²) in [6, 6.07) is 9.32.